The van der Waals surface area contributed by atoms with Gasteiger partial charge in [0, 0.05) is 4.88 Å². The van der Waals surface area contributed by atoms with Crippen molar-refractivity contribution < 1.29 is 14.3 Å². The van der Waals surface area contributed by atoms with Crippen LogP contribution in [-0.2, 0) is 22.4 Å². The first kappa shape index (κ1) is 22.3. The van der Waals surface area contributed by atoms with Crippen LogP contribution in [0.4, 0.5) is 5.00 Å². The van der Waals surface area contributed by atoms with Crippen molar-refractivity contribution in [2.24, 2.45) is 5.92 Å². The van der Waals surface area contributed by atoms with Gasteiger partial charge in [-0.2, -0.15) is 0 Å². The lowest BCUT2D eigenvalue weighted by molar-refractivity contribution is -0.116. The molecule has 4 rings (SSSR count). The number of carbonyl (C=O) groups excluding carboxylic acids is 2. The van der Waals surface area contributed by atoms with E-state index in [1.54, 1.807) is 0 Å². The monoisotopic (exact) mass is 447 g/mol. The third kappa shape index (κ3) is 4.78. The molecule has 5 heteroatoms. The highest BCUT2D eigenvalue weighted by Crippen LogP contribution is 2.41. The van der Waals surface area contributed by atoms with Crippen molar-refractivity contribution in [1.82, 2.24) is 0 Å². The predicted molar refractivity (Wildman–Crippen MR) is 129 cm³/mol. The molecule has 32 heavy (non-hydrogen) atoms. The number of nitrogens with one attached hydrogen (secondary N) is 1. The fourth-order valence-electron chi connectivity index (χ4n) is 4.29. The Balaban J connectivity index is 1.70. The molecule has 1 aliphatic rings. The molecule has 3 aromatic rings. The maximum Gasteiger partial charge on any atom is 0.341 e. The van der Waals surface area contributed by atoms with Crippen molar-refractivity contribution in [3.05, 3.63) is 87.8 Å². The highest BCUT2D eigenvalue weighted by Gasteiger charge is 2.31. The van der Waals surface area contributed by atoms with Crippen LogP contribution in [0, 0.1) is 5.92 Å². The second kappa shape index (κ2) is 10.1. The number of amides is 1. The molecule has 0 saturated carbocycles. The van der Waals surface area contributed by atoms with Crippen molar-refractivity contribution in [2.75, 3.05) is 11.9 Å². The molecule has 1 amide bonds. The van der Waals surface area contributed by atoms with Crippen LogP contribution in [-0.4, -0.2) is 18.5 Å². The highest BCUT2D eigenvalue weighted by atomic mass is 32.1. The minimum atomic E-state index is -0.463. The molecule has 0 unspecified atom stereocenters. The summed E-state index contributed by atoms with van der Waals surface area (Å²) in [6.45, 7) is 4.59. The molecule has 0 radical (unpaired) electrons. The van der Waals surface area contributed by atoms with E-state index in [0.717, 1.165) is 42.4 Å². The third-order valence-corrected chi connectivity index (χ3v) is 7.09. The van der Waals surface area contributed by atoms with E-state index in [9.17, 15) is 9.59 Å². The Kier molecular flexibility index (Phi) is 7.05. The molecule has 0 fully saturated rings. The average molecular weight is 448 g/mol. The Hall–Kier alpha value is -2.92. The summed E-state index contributed by atoms with van der Waals surface area (Å²) in [5, 5.41) is 3.73. The van der Waals surface area contributed by atoms with Crippen molar-refractivity contribution in [3.63, 3.8) is 0 Å². The van der Waals surface area contributed by atoms with Gasteiger partial charge in [0.25, 0.3) is 0 Å². The van der Waals surface area contributed by atoms with E-state index < -0.39 is 5.92 Å². The van der Waals surface area contributed by atoms with E-state index in [0.29, 0.717) is 23.1 Å². The first-order valence-corrected chi connectivity index (χ1v) is 12.1. The fraction of sp³-hybridized carbons (Fsp3) is 0.333. The topological polar surface area (TPSA) is 55.4 Å². The summed E-state index contributed by atoms with van der Waals surface area (Å²) in [6, 6.07) is 19.5. The molecule has 1 N–H and O–H groups in total. The zero-order valence-corrected chi connectivity index (χ0v) is 19.4. The van der Waals surface area contributed by atoms with Crippen LogP contribution in [0.1, 0.15) is 64.5 Å². The van der Waals surface area contributed by atoms with E-state index in [1.807, 2.05) is 67.6 Å². The van der Waals surface area contributed by atoms with Crippen molar-refractivity contribution in [2.45, 2.75) is 45.4 Å². The molecule has 2 aromatic carbocycles. The number of esters is 1. The van der Waals surface area contributed by atoms with Crippen molar-refractivity contribution in [1.29, 1.82) is 0 Å². The maximum absolute atomic E-state index is 13.6. The minimum Gasteiger partial charge on any atom is -0.462 e. The summed E-state index contributed by atoms with van der Waals surface area (Å²) in [6.07, 6.45) is 3.59. The molecule has 1 heterocycles. The van der Waals surface area contributed by atoms with E-state index in [2.05, 4.69) is 12.2 Å². The van der Waals surface area contributed by atoms with E-state index in [4.69, 9.17) is 4.74 Å². The lowest BCUT2D eigenvalue weighted by Gasteiger charge is -2.19. The standard InChI is InChI=1S/C27H29NO3S/c1-3-16-31-27(30)24-21-15-14-18(2)17-22(21)32-26(24)28-25(29)23(19-10-6-4-7-11-19)20-12-8-5-9-13-20/h4-13,18,23H,3,14-17H2,1-2H3,(H,28,29)/t18-/m1/s1. The van der Waals surface area contributed by atoms with Crippen LogP contribution in [0.25, 0.3) is 0 Å². The van der Waals surface area contributed by atoms with Gasteiger partial charge in [-0.25, -0.2) is 4.79 Å². The molecule has 0 aliphatic heterocycles. The Labute approximate surface area is 193 Å². The Morgan fingerprint density at radius 2 is 1.69 bits per heavy atom. The second-order valence-electron chi connectivity index (χ2n) is 8.44. The van der Waals surface area contributed by atoms with Crippen molar-refractivity contribution >= 4 is 28.2 Å². The number of rotatable bonds is 7. The summed E-state index contributed by atoms with van der Waals surface area (Å²) < 4.78 is 5.50. The number of thiophene rings is 1. The Morgan fingerprint density at radius 3 is 2.28 bits per heavy atom. The third-order valence-electron chi connectivity index (χ3n) is 5.92. The minimum absolute atomic E-state index is 0.140. The number of benzene rings is 2. The lowest BCUT2D eigenvalue weighted by Crippen LogP contribution is -2.23. The first-order chi connectivity index (χ1) is 15.6. The van der Waals surface area contributed by atoms with Gasteiger partial charge in [-0.05, 0) is 48.3 Å². The number of hydrogen-bond acceptors (Lipinski definition) is 4. The van der Waals surface area contributed by atoms with Gasteiger partial charge in [0.05, 0.1) is 18.1 Å². The molecule has 0 bridgehead atoms. The molecular formula is C27H29NO3S. The van der Waals surface area contributed by atoms with Gasteiger partial charge >= 0.3 is 5.97 Å². The average Bonchev–Trinajstić information content (AvgIpc) is 3.15. The van der Waals surface area contributed by atoms with E-state index in [-0.39, 0.29) is 11.9 Å². The molecular weight excluding hydrogens is 418 g/mol. The summed E-state index contributed by atoms with van der Waals surface area (Å²) in [7, 11) is 0. The number of anilines is 1. The van der Waals surface area contributed by atoms with Gasteiger partial charge < -0.3 is 10.1 Å². The second-order valence-corrected chi connectivity index (χ2v) is 9.54. The van der Waals surface area contributed by atoms with Gasteiger partial charge in [-0.15, -0.1) is 11.3 Å². The molecule has 4 nitrogen and oxygen atoms in total. The Morgan fingerprint density at radius 1 is 1.06 bits per heavy atom. The van der Waals surface area contributed by atoms with Crippen LogP contribution in [0.5, 0.6) is 0 Å². The first-order valence-electron chi connectivity index (χ1n) is 11.3. The van der Waals surface area contributed by atoms with Crippen LogP contribution in [0.2, 0.25) is 0 Å². The van der Waals surface area contributed by atoms with Crippen LogP contribution < -0.4 is 5.32 Å². The summed E-state index contributed by atoms with van der Waals surface area (Å²) in [5.41, 5.74) is 3.45. The van der Waals surface area contributed by atoms with Gasteiger partial charge in [0.15, 0.2) is 0 Å². The summed E-state index contributed by atoms with van der Waals surface area (Å²) in [5.74, 6) is -0.357. The molecule has 1 aromatic heterocycles. The number of carbonyl (C=O) groups is 2. The van der Waals surface area contributed by atoms with E-state index >= 15 is 0 Å². The van der Waals surface area contributed by atoms with Crippen molar-refractivity contribution in [3.8, 4) is 0 Å². The lowest BCUT2D eigenvalue weighted by atomic mass is 9.88. The molecule has 166 valence electrons. The molecule has 1 atom stereocenters. The highest BCUT2D eigenvalue weighted by molar-refractivity contribution is 7.17. The summed E-state index contributed by atoms with van der Waals surface area (Å²) in [4.78, 5) is 27.8. The SMILES string of the molecule is CCCOC(=O)c1c(NC(=O)C(c2ccccc2)c2ccccc2)sc2c1CC[C@@H](C)C2. The van der Waals surface area contributed by atoms with Crippen LogP contribution in [0.3, 0.4) is 0 Å². The van der Waals surface area contributed by atoms with Gasteiger partial charge in [0.2, 0.25) is 5.91 Å². The smallest absolute Gasteiger partial charge is 0.341 e. The molecule has 0 spiro atoms. The van der Waals surface area contributed by atoms with Gasteiger partial charge in [0.1, 0.15) is 5.00 Å². The predicted octanol–water partition coefficient (Wildman–Crippen LogP) is 6.21. The quantitative estimate of drug-likeness (QED) is 0.438. The molecule has 0 saturated heterocycles. The zero-order valence-electron chi connectivity index (χ0n) is 18.6. The van der Waals surface area contributed by atoms with Crippen LogP contribution in [0.15, 0.2) is 60.7 Å². The Bertz CT molecular complexity index is 1040. The molecule has 1 aliphatic carbocycles. The maximum atomic E-state index is 13.6. The number of hydrogen-bond donors (Lipinski definition) is 1. The normalized spacial score (nSPS) is 15.3. The summed E-state index contributed by atoms with van der Waals surface area (Å²) >= 11 is 1.53. The largest absolute Gasteiger partial charge is 0.462 e. The van der Waals surface area contributed by atoms with Gasteiger partial charge in [-0.1, -0.05) is 74.5 Å². The number of ether oxygens (including phenoxy) is 1. The number of fused-ring (bicyclic) bond motifs is 1. The fourth-order valence-corrected chi connectivity index (χ4v) is 5.69. The van der Waals surface area contributed by atoms with Crippen LogP contribution >= 0.6 is 11.3 Å². The zero-order chi connectivity index (χ0) is 22.5. The van der Waals surface area contributed by atoms with Gasteiger partial charge in [-0.3, -0.25) is 4.79 Å². The van der Waals surface area contributed by atoms with E-state index in [1.165, 1.54) is 16.2 Å².